The number of halogens is 1. The first-order chi connectivity index (χ1) is 10.0. The minimum absolute atomic E-state index is 0.115. The molecule has 108 valence electrons. The Morgan fingerprint density at radius 1 is 1.38 bits per heavy atom. The van der Waals surface area contributed by atoms with Crippen LogP contribution in [0.15, 0.2) is 39.3 Å². The van der Waals surface area contributed by atoms with Gasteiger partial charge in [-0.3, -0.25) is 14.5 Å². The second kappa shape index (κ2) is 5.33. The van der Waals surface area contributed by atoms with Gasteiger partial charge in [0.2, 0.25) is 17.7 Å². The van der Waals surface area contributed by atoms with Gasteiger partial charge in [0.25, 0.3) is 0 Å². The Morgan fingerprint density at radius 3 is 2.71 bits per heavy atom. The number of hydrogen-bond donors (Lipinski definition) is 1. The summed E-state index contributed by atoms with van der Waals surface area (Å²) in [6.45, 7) is 0.239. The lowest BCUT2D eigenvalue weighted by atomic mass is 10.1. The van der Waals surface area contributed by atoms with Gasteiger partial charge < -0.3 is 10.3 Å². The van der Waals surface area contributed by atoms with Crippen LogP contribution in [0, 0.1) is 5.92 Å². The molecule has 1 aromatic heterocycles. The predicted octanol–water partition coefficient (Wildman–Crippen LogP) is 1.94. The average molecular weight is 350 g/mol. The van der Waals surface area contributed by atoms with Gasteiger partial charge in [0, 0.05) is 29.1 Å². The molecule has 1 aliphatic rings. The fourth-order valence-corrected chi connectivity index (χ4v) is 2.52. The van der Waals surface area contributed by atoms with Gasteiger partial charge in [0.1, 0.15) is 5.69 Å². The molecule has 0 aliphatic carbocycles. The summed E-state index contributed by atoms with van der Waals surface area (Å²) in [6.07, 6.45) is 0.115. The third-order valence-corrected chi connectivity index (χ3v) is 3.96. The fourth-order valence-electron chi connectivity index (χ4n) is 2.26. The molecule has 2 amide bonds. The number of carbonyl (C=O) groups is 2. The van der Waals surface area contributed by atoms with Crippen LogP contribution in [-0.2, 0) is 9.59 Å². The maximum absolute atomic E-state index is 11.9. The summed E-state index contributed by atoms with van der Waals surface area (Å²) < 4.78 is 6.19. The zero-order valence-electron chi connectivity index (χ0n) is 11.0. The molecule has 1 aliphatic heterocycles. The zero-order valence-corrected chi connectivity index (χ0v) is 12.5. The number of nitrogens with two attached hydrogens (primary N) is 1. The van der Waals surface area contributed by atoms with Gasteiger partial charge in [-0.15, -0.1) is 0 Å². The van der Waals surface area contributed by atoms with E-state index in [-0.39, 0.29) is 18.9 Å². The number of carbonyl (C=O) groups excluding carboxylic acids is 2. The average Bonchev–Trinajstić information content (AvgIpc) is 3.06. The molecular weight excluding hydrogens is 338 g/mol. The fraction of sp³-hybridized carbons (Fsp3) is 0.214. The van der Waals surface area contributed by atoms with Gasteiger partial charge in [-0.1, -0.05) is 33.2 Å². The number of benzene rings is 1. The third kappa shape index (κ3) is 2.69. The van der Waals surface area contributed by atoms with Crippen molar-refractivity contribution >= 4 is 33.6 Å². The normalized spacial score (nSPS) is 18.2. The van der Waals surface area contributed by atoms with Crippen molar-refractivity contribution in [3.8, 4) is 11.3 Å². The first-order valence-electron chi connectivity index (χ1n) is 6.37. The molecule has 1 atom stereocenters. The molecule has 1 unspecified atom stereocenters. The van der Waals surface area contributed by atoms with Gasteiger partial charge in [0.05, 0.1) is 5.92 Å². The van der Waals surface area contributed by atoms with Gasteiger partial charge in [-0.2, -0.15) is 0 Å². The third-order valence-electron chi connectivity index (χ3n) is 3.43. The summed E-state index contributed by atoms with van der Waals surface area (Å²) in [5.74, 6) is -0.795. The molecule has 2 heterocycles. The van der Waals surface area contributed by atoms with Gasteiger partial charge >= 0.3 is 0 Å². The molecule has 1 fully saturated rings. The highest BCUT2D eigenvalue weighted by molar-refractivity contribution is 9.10. The van der Waals surface area contributed by atoms with E-state index in [1.807, 2.05) is 24.3 Å². The first kappa shape index (κ1) is 13.8. The topological polar surface area (TPSA) is 89.4 Å². The standard InChI is InChI=1S/C14H12BrN3O3/c15-10-3-1-8(2-4-10)11-6-13(21-17-11)18-7-9(14(16)20)5-12(18)19/h1-4,6,9H,5,7H2,(H2,16,20). The van der Waals surface area contributed by atoms with Crippen LogP contribution in [0.5, 0.6) is 0 Å². The van der Waals surface area contributed by atoms with E-state index >= 15 is 0 Å². The summed E-state index contributed by atoms with van der Waals surface area (Å²) in [4.78, 5) is 24.5. The monoisotopic (exact) mass is 349 g/mol. The number of hydrogen-bond acceptors (Lipinski definition) is 4. The van der Waals surface area contributed by atoms with Crippen molar-refractivity contribution in [3.63, 3.8) is 0 Å². The van der Waals surface area contributed by atoms with Crippen molar-refractivity contribution in [3.05, 3.63) is 34.8 Å². The molecule has 1 saturated heterocycles. The molecular formula is C14H12BrN3O3. The first-order valence-corrected chi connectivity index (χ1v) is 7.16. The molecule has 1 aromatic carbocycles. The lowest BCUT2D eigenvalue weighted by Gasteiger charge is -2.10. The van der Waals surface area contributed by atoms with Crippen LogP contribution in [0.3, 0.4) is 0 Å². The Hall–Kier alpha value is -2.15. The molecule has 2 aromatic rings. The van der Waals surface area contributed by atoms with Crippen molar-refractivity contribution in [2.75, 3.05) is 11.4 Å². The van der Waals surface area contributed by atoms with Crippen molar-refractivity contribution < 1.29 is 14.1 Å². The summed E-state index contributed by atoms with van der Waals surface area (Å²) in [7, 11) is 0. The molecule has 0 bridgehead atoms. The van der Waals surface area contributed by atoms with E-state index < -0.39 is 11.8 Å². The largest absolute Gasteiger partial charge is 0.369 e. The number of nitrogens with zero attached hydrogens (tertiary/aromatic N) is 2. The second-order valence-corrected chi connectivity index (χ2v) is 5.78. The number of aromatic nitrogens is 1. The quantitative estimate of drug-likeness (QED) is 0.916. The minimum Gasteiger partial charge on any atom is -0.369 e. The van der Waals surface area contributed by atoms with Gasteiger partial charge in [0.15, 0.2) is 0 Å². The zero-order chi connectivity index (χ0) is 15.0. The van der Waals surface area contributed by atoms with Crippen molar-refractivity contribution in [2.24, 2.45) is 11.7 Å². The summed E-state index contributed by atoms with van der Waals surface area (Å²) in [5, 5.41) is 3.96. The van der Waals surface area contributed by atoms with Crippen LogP contribution in [0.4, 0.5) is 5.88 Å². The summed E-state index contributed by atoms with van der Waals surface area (Å²) in [6, 6.07) is 9.26. The van der Waals surface area contributed by atoms with Crippen molar-refractivity contribution in [2.45, 2.75) is 6.42 Å². The SMILES string of the molecule is NC(=O)C1CC(=O)N(c2cc(-c3ccc(Br)cc3)no2)C1. The summed E-state index contributed by atoms with van der Waals surface area (Å²) >= 11 is 3.36. The molecule has 0 saturated carbocycles. The van der Waals surface area contributed by atoms with E-state index in [9.17, 15) is 9.59 Å². The Morgan fingerprint density at radius 2 is 2.10 bits per heavy atom. The molecule has 0 spiro atoms. The lowest BCUT2D eigenvalue weighted by Crippen LogP contribution is -2.28. The van der Waals surface area contributed by atoms with E-state index in [1.165, 1.54) is 4.90 Å². The van der Waals surface area contributed by atoms with E-state index in [1.54, 1.807) is 6.07 Å². The van der Waals surface area contributed by atoms with Crippen LogP contribution in [-0.4, -0.2) is 23.5 Å². The number of rotatable bonds is 3. The predicted molar refractivity (Wildman–Crippen MR) is 79.3 cm³/mol. The number of amides is 2. The van der Waals surface area contributed by atoms with Crippen molar-refractivity contribution in [1.82, 2.24) is 5.16 Å². The molecule has 7 heteroatoms. The summed E-state index contributed by atoms with van der Waals surface area (Å²) in [5.41, 5.74) is 6.76. The number of anilines is 1. The maximum Gasteiger partial charge on any atom is 0.234 e. The highest BCUT2D eigenvalue weighted by Crippen LogP contribution is 2.29. The Kier molecular flexibility index (Phi) is 3.50. The van der Waals surface area contributed by atoms with E-state index in [0.29, 0.717) is 11.6 Å². The molecule has 0 radical (unpaired) electrons. The molecule has 6 nitrogen and oxygen atoms in total. The highest BCUT2D eigenvalue weighted by Gasteiger charge is 2.35. The van der Waals surface area contributed by atoms with Gasteiger partial charge in [-0.25, -0.2) is 0 Å². The maximum atomic E-state index is 11.9. The number of primary amides is 1. The smallest absolute Gasteiger partial charge is 0.234 e. The molecule has 2 N–H and O–H groups in total. The van der Waals surface area contributed by atoms with E-state index in [2.05, 4.69) is 21.1 Å². The minimum atomic E-state index is -0.474. The Labute approximate surface area is 129 Å². The van der Waals surface area contributed by atoms with Crippen LogP contribution in [0.25, 0.3) is 11.3 Å². The second-order valence-electron chi connectivity index (χ2n) is 4.87. The Bertz CT molecular complexity index is 696. The molecule has 3 rings (SSSR count). The highest BCUT2D eigenvalue weighted by atomic mass is 79.9. The van der Waals surface area contributed by atoms with Crippen LogP contribution >= 0.6 is 15.9 Å². The van der Waals surface area contributed by atoms with E-state index in [4.69, 9.17) is 10.3 Å². The Balaban J connectivity index is 1.84. The lowest BCUT2D eigenvalue weighted by molar-refractivity contribution is -0.123. The van der Waals surface area contributed by atoms with Gasteiger partial charge in [-0.05, 0) is 12.1 Å². The van der Waals surface area contributed by atoms with Crippen LogP contribution in [0.1, 0.15) is 6.42 Å². The van der Waals surface area contributed by atoms with Crippen LogP contribution < -0.4 is 10.6 Å². The molecule has 21 heavy (non-hydrogen) atoms. The van der Waals surface area contributed by atoms with Crippen molar-refractivity contribution in [1.29, 1.82) is 0 Å². The van der Waals surface area contributed by atoms with E-state index in [0.717, 1.165) is 10.0 Å². The van der Waals surface area contributed by atoms with Crippen LogP contribution in [0.2, 0.25) is 0 Å².